The molecule has 0 aliphatic heterocycles. The smallest absolute Gasteiger partial charge is 0.182 e. The number of fused-ring (bicyclic) bond motifs is 1. The van der Waals surface area contributed by atoms with Gasteiger partial charge in [0.15, 0.2) is 15.6 Å². The maximum Gasteiger partial charge on any atom is 0.182 e. The zero-order valence-corrected chi connectivity index (χ0v) is 14.8. The second kappa shape index (κ2) is 6.46. The molecule has 0 aliphatic carbocycles. The Balaban J connectivity index is 1.98. The number of aliphatic hydroxyl groups excluding tert-OH is 1. The van der Waals surface area contributed by atoms with Gasteiger partial charge >= 0.3 is 0 Å². The summed E-state index contributed by atoms with van der Waals surface area (Å²) in [4.78, 5) is 12.0. The van der Waals surface area contributed by atoms with Gasteiger partial charge < -0.3 is 9.52 Å². The largest absolute Gasteiger partial charge is 0.461 e. The van der Waals surface area contributed by atoms with Crippen LogP contribution in [0.5, 0.6) is 0 Å². The molecule has 0 radical (unpaired) electrons. The Morgan fingerprint density at radius 1 is 1.08 bits per heavy atom. The van der Waals surface area contributed by atoms with Gasteiger partial charge in [-0.25, -0.2) is 8.42 Å². The Bertz CT molecular complexity index is 1040. The number of carbonyl (C=O) groups excluding carboxylic acids is 1. The van der Waals surface area contributed by atoms with Crippen LogP contribution in [0, 0.1) is 6.92 Å². The van der Waals surface area contributed by atoms with Crippen LogP contribution in [-0.2, 0) is 22.2 Å². The molecular weight excluding hydrogens is 340 g/mol. The molecule has 0 fully saturated rings. The number of carbonyl (C=O) groups is 1. The average Bonchev–Trinajstić information content (AvgIpc) is 2.89. The Morgan fingerprint density at radius 2 is 1.72 bits per heavy atom. The Hall–Kier alpha value is -2.44. The molecule has 1 aromatic heterocycles. The van der Waals surface area contributed by atoms with Gasteiger partial charge in [-0.1, -0.05) is 18.2 Å². The molecule has 0 amide bonds. The van der Waals surface area contributed by atoms with Crippen LogP contribution in [0.1, 0.15) is 34.2 Å². The summed E-state index contributed by atoms with van der Waals surface area (Å²) in [6.07, 6.45) is 0. The molecule has 6 heteroatoms. The topological polar surface area (TPSA) is 84.6 Å². The van der Waals surface area contributed by atoms with E-state index in [2.05, 4.69) is 0 Å². The monoisotopic (exact) mass is 358 g/mol. The van der Waals surface area contributed by atoms with Crippen LogP contribution in [0.15, 0.2) is 51.8 Å². The van der Waals surface area contributed by atoms with Crippen molar-refractivity contribution >= 4 is 26.6 Å². The van der Waals surface area contributed by atoms with E-state index in [4.69, 9.17) is 9.52 Å². The molecule has 2 aromatic carbocycles. The van der Waals surface area contributed by atoms with Crippen molar-refractivity contribution in [1.82, 2.24) is 0 Å². The van der Waals surface area contributed by atoms with Crippen molar-refractivity contribution in [3.8, 4) is 0 Å². The molecule has 3 aromatic rings. The van der Waals surface area contributed by atoms with Crippen molar-refractivity contribution in [2.24, 2.45) is 0 Å². The van der Waals surface area contributed by atoms with Gasteiger partial charge in [-0.05, 0) is 49.2 Å². The fourth-order valence-corrected chi connectivity index (χ4v) is 4.24. The fourth-order valence-electron chi connectivity index (χ4n) is 2.90. The minimum atomic E-state index is -3.53. The van der Waals surface area contributed by atoms with Crippen LogP contribution in [-0.4, -0.2) is 19.3 Å². The van der Waals surface area contributed by atoms with E-state index in [1.165, 1.54) is 19.1 Å². The molecule has 5 nitrogen and oxygen atoms in total. The molecule has 1 N–H and O–H groups in total. The summed E-state index contributed by atoms with van der Waals surface area (Å²) in [5.74, 6) is 0.237. The van der Waals surface area contributed by atoms with E-state index in [1.807, 2.05) is 0 Å². The number of rotatable bonds is 5. The summed E-state index contributed by atoms with van der Waals surface area (Å²) < 4.78 is 30.8. The second-order valence-electron chi connectivity index (χ2n) is 5.98. The SMILES string of the molecule is CC(=O)c1c(C)oc2ccc(CS(=O)(=O)c3ccc(CO)cc3)cc12. The number of hydrogen-bond donors (Lipinski definition) is 1. The molecule has 0 spiro atoms. The molecule has 1 heterocycles. The minimum absolute atomic E-state index is 0.115. The molecule has 0 saturated heterocycles. The third-order valence-corrected chi connectivity index (χ3v) is 5.81. The van der Waals surface area contributed by atoms with E-state index in [0.717, 1.165) is 0 Å². The van der Waals surface area contributed by atoms with Crippen LogP contribution in [0.2, 0.25) is 0 Å². The highest BCUT2D eigenvalue weighted by Gasteiger charge is 2.19. The van der Waals surface area contributed by atoms with Gasteiger partial charge in [-0.15, -0.1) is 0 Å². The van der Waals surface area contributed by atoms with Gasteiger partial charge in [-0.2, -0.15) is 0 Å². The van der Waals surface area contributed by atoms with Crippen molar-refractivity contribution in [1.29, 1.82) is 0 Å². The molecule has 0 atom stereocenters. The van der Waals surface area contributed by atoms with Gasteiger partial charge in [0.05, 0.1) is 22.8 Å². The molecule has 0 unspecified atom stereocenters. The zero-order chi connectivity index (χ0) is 18.2. The molecule has 130 valence electrons. The van der Waals surface area contributed by atoms with Crippen molar-refractivity contribution in [2.75, 3.05) is 0 Å². The van der Waals surface area contributed by atoms with Gasteiger partial charge in [0.25, 0.3) is 0 Å². The lowest BCUT2D eigenvalue weighted by atomic mass is 10.1. The molecular formula is C19H18O5S. The van der Waals surface area contributed by atoms with E-state index < -0.39 is 9.84 Å². The number of aryl methyl sites for hydroxylation is 1. The minimum Gasteiger partial charge on any atom is -0.461 e. The Kier molecular flexibility index (Phi) is 4.49. The molecule has 0 saturated carbocycles. The summed E-state index contributed by atoms with van der Waals surface area (Å²) in [7, 11) is -3.53. The highest BCUT2D eigenvalue weighted by molar-refractivity contribution is 7.90. The maximum absolute atomic E-state index is 12.6. The Labute approximate surface area is 145 Å². The van der Waals surface area contributed by atoms with Crippen molar-refractivity contribution in [3.05, 3.63) is 64.9 Å². The van der Waals surface area contributed by atoms with Gasteiger partial charge in [0.2, 0.25) is 0 Å². The van der Waals surface area contributed by atoms with Crippen molar-refractivity contribution < 1.29 is 22.7 Å². The van der Waals surface area contributed by atoms with Crippen LogP contribution in [0.3, 0.4) is 0 Å². The number of ketones is 1. The van der Waals surface area contributed by atoms with Crippen molar-refractivity contribution in [2.45, 2.75) is 31.1 Å². The number of aliphatic hydroxyl groups is 1. The third kappa shape index (κ3) is 3.36. The van der Waals surface area contributed by atoms with E-state index in [1.54, 1.807) is 37.3 Å². The highest BCUT2D eigenvalue weighted by Crippen LogP contribution is 2.28. The first-order valence-corrected chi connectivity index (χ1v) is 9.42. The second-order valence-corrected chi connectivity index (χ2v) is 7.97. The molecule has 3 rings (SSSR count). The van der Waals surface area contributed by atoms with Crippen LogP contribution in [0.4, 0.5) is 0 Å². The van der Waals surface area contributed by atoms with E-state index in [0.29, 0.717) is 33.4 Å². The first kappa shape index (κ1) is 17.4. The fraction of sp³-hybridized carbons (Fsp3) is 0.211. The first-order chi connectivity index (χ1) is 11.8. The standard InChI is InChI=1S/C19H18O5S/c1-12(21)19-13(2)24-18-8-5-15(9-17(18)19)11-25(22,23)16-6-3-14(10-20)4-7-16/h3-9,20H,10-11H2,1-2H3. The van der Waals surface area contributed by atoms with E-state index >= 15 is 0 Å². The summed E-state index contributed by atoms with van der Waals surface area (Å²) in [5, 5.41) is 9.69. The predicted molar refractivity (Wildman–Crippen MR) is 94.2 cm³/mol. The molecule has 0 bridgehead atoms. The number of furan rings is 1. The first-order valence-electron chi connectivity index (χ1n) is 7.77. The van der Waals surface area contributed by atoms with Gasteiger partial charge in [-0.3, -0.25) is 4.79 Å². The average molecular weight is 358 g/mol. The van der Waals surface area contributed by atoms with Gasteiger partial charge in [0, 0.05) is 5.39 Å². The molecule has 0 aliphatic rings. The van der Waals surface area contributed by atoms with E-state index in [-0.39, 0.29) is 23.0 Å². The quantitative estimate of drug-likeness (QED) is 0.707. The number of benzene rings is 2. The van der Waals surface area contributed by atoms with Crippen LogP contribution >= 0.6 is 0 Å². The van der Waals surface area contributed by atoms with Crippen LogP contribution < -0.4 is 0 Å². The van der Waals surface area contributed by atoms with Gasteiger partial charge in [0.1, 0.15) is 11.3 Å². The highest BCUT2D eigenvalue weighted by atomic mass is 32.2. The summed E-state index contributed by atoms with van der Waals surface area (Å²) in [6.45, 7) is 3.05. The summed E-state index contributed by atoms with van der Waals surface area (Å²) in [5.41, 5.74) is 2.29. The maximum atomic E-state index is 12.6. The van der Waals surface area contributed by atoms with E-state index in [9.17, 15) is 13.2 Å². The number of Topliss-reactive ketones (excluding diaryl/α,β-unsaturated/α-hetero) is 1. The zero-order valence-electron chi connectivity index (χ0n) is 13.9. The Morgan fingerprint density at radius 3 is 2.32 bits per heavy atom. The lowest BCUT2D eigenvalue weighted by molar-refractivity contribution is 0.101. The summed E-state index contributed by atoms with van der Waals surface area (Å²) >= 11 is 0. The summed E-state index contributed by atoms with van der Waals surface area (Å²) in [6, 6.07) is 11.2. The van der Waals surface area contributed by atoms with Crippen LogP contribution in [0.25, 0.3) is 11.0 Å². The van der Waals surface area contributed by atoms with Crippen molar-refractivity contribution in [3.63, 3.8) is 0 Å². The lowest BCUT2D eigenvalue weighted by Gasteiger charge is -2.06. The normalized spacial score (nSPS) is 11.8. The number of sulfone groups is 1. The number of hydrogen-bond acceptors (Lipinski definition) is 5. The third-order valence-electron chi connectivity index (χ3n) is 4.10. The lowest BCUT2D eigenvalue weighted by Crippen LogP contribution is -2.05. The molecule has 25 heavy (non-hydrogen) atoms. The predicted octanol–water partition coefficient (Wildman–Crippen LogP) is 3.41.